The number of hydrogen-bond acceptors (Lipinski definition) is 2. The quantitative estimate of drug-likeness (QED) is 0.705. The Morgan fingerprint density at radius 2 is 1.71 bits per heavy atom. The lowest BCUT2D eigenvalue weighted by atomic mass is 9.87. The zero-order valence-corrected chi connectivity index (χ0v) is 15.5. The first-order valence-electron chi connectivity index (χ1n) is 7.43. The Morgan fingerprint density at radius 3 is 2.33 bits per heavy atom. The number of halogens is 2. The molecule has 0 saturated heterocycles. The number of ether oxygens (including phenoxy) is 1. The van der Waals surface area contributed by atoms with E-state index in [4.69, 9.17) is 27.9 Å². The second kappa shape index (κ2) is 7.32. The molecule has 6 heteroatoms. The van der Waals surface area contributed by atoms with Gasteiger partial charge in [-0.2, -0.15) is 0 Å². The van der Waals surface area contributed by atoms with Gasteiger partial charge in [0.05, 0.1) is 28.5 Å². The number of rotatable bonds is 3. The number of nitrogens with one attached hydrogen (secondary N) is 2. The molecule has 2 amide bonds. The Balaban J connectivity index is 2.18. The van der Waals surface area contributed by atoms with E-state index in [-0.39, 0.29) is 5.41 Å². The minimum atomic E-state index is -0.430. The van der Waals surface area contributed by atoms with Crippen LogP contribution < -0.4 is 15.4 Å². The molecule has 2 aromatic rings. The van der Waals surface area contributed by atoms with Gasteiger partial charge in [0.1, 0.15) is 5.75 Å². The van der Waals surface area contributed by atoms with E-state index in [0.717, 1.165) is 5.56 Å². The maximum absolute atomic E-state index is 12.2. The van der Waals surface area contributed by atoms with Crippen molar-refractivity contribution in [2.24, 2.45) is 0 Å². The summed E-state index contributed by atoms with van der Waals surface area (Å²) in [6, 6.07) is 10.3. The molecule has 128 valence electrons. The number of carbonyl (C=O) groups excluding carboxylic acids is 1. The van der Waals surface area contributed by atoms with Crippen molar-refractivity contribution in [2.45, 2.75) is 26.2 Å². The number of amides is 2. The van der Waals surface area contributed by atoms with Gasteiger partial charge in [-0.1, -0.05) is 56.1 Å². The molecule has 0 bridgehead atoms. The van der Waals surface area contributed by atoms with Gasteiger partial charge in [0, 0.05) is 0 Å². The topological polar surface area (TPSA) is 50.4 Å². The van der Waals surface area contributed by atoms with Crippen LogP contribution >= 0.6 is 23.2 Å². The monoisotopic (exact) mass is 366 g/mol. The molecular weight excluding hydrogens is 347 g/mol. The van der Waals surface area contributed by atoms with Crippen LogP contribution in [-0.4, -0.2) is 13.1 Å². The fourth-order valence-corrected chi connectivity index (χ4v) is 2.48. The van der Waals surface area contributed by atoms with Crippen LogP contribution in [0.1, 0.15) is 26.3 Å². The summed E-state index contributed by atoms with van der Waals surface area (Å²) in [5, 5.41) is 6.10. The molecule has 0 radical (unpaired) electrons. The average Bonchev–Trinajstić information content (AvgIpc) is 2.51. The van der Waals surface area contributed by atoms with Crippen molar-refractivity contribution in [3.8, 4) is 5.75 Å². The maximum atomic E-state index is 12.2. The summed E-state index contributed by atoms with van der Waals surface area (Å²) in [6.45, 7) is 6.34. The highest BCUT2D eigenvalue weighted by Gasteiger charge is 2.17. The van der Waals surface area contributed by atoms with Gasteiger partial charge in [0.2, 0.25) is 0 Å². The molecule has 2 aromatic carbocycles. The lowest BCUT2D eigenvalue weighted by Crippen LogP contribution is -2.20. The van der Waals surface area contributed by atoms with E-state index in [2.05, 4.69) is 31.4 Å². The highest BCUT2D eigenvalue weighted by Crippen LogP contribution is 2.32. The molecule has 0 saturated carbocycles. The molecular formula is C18H20Cl2N2O2. The van der Waals surface area contributed by atoms with Crippen LogP contribution in [0.4, 0.5) is 16.2 Å². The molecule has 0 aliphatic heterocycles. The van der Waals surface area contributed by atoms with Crippen molar-refractivity contribution in [1.29, 1.82) is 0 Å². The second-order valence-electron chi connectivity index (χ2n) is 6.35. The van der Waals surface area contributed by atoms with E-state index in [1.807, 2.05) is 18.2 Å². The van der Waals surface area contributed by atoms with Crippen LogP contribution in [0.3, 0.4) is 0 Å². The third-order valence-corrected chi connectivity index (χ3v) is 4.33. The Morgan fingerprint density at radius 1 is 1.04 bits per heavy atom. The number of anilines is 2. The summed E-state index contributed by atoms with van der Waals surface area (Å²) in [6.07, 6.45) is 0. The summed E-state index contributed by atoms with van der Waals surface area (Å²) < 4.78 is 5.39. The Bertz CT molecular complexity index is 755. The first-order valence-corrected chi connectivity index (χ1v) is 8.18. The van der Waals surface area contributed by atoms with Gasteiger partial charge in [0.15, 0.2) is 0 Å². The molecule has 0 aromatic heterocycles. The van der Waals surface area contributed by atoms with Crippen molar-refractivity contribution in [2.75, 3.05) is 17.7 Å². The van der Waals surface area contributed by atoms with Gasteiger partial charge in [0.25, 0.3) is 0 Å². The predicted molar refractivity (Wildman–Crippen MR) is 101 cm³/mol. The number of carbonyl (C=O) groups is 1. The number of benzene rings is 2. The van der Waals surface area contributed by atoms with Gasteiger partial charge < -0.3 is 15.4 Å². The summed E-state index contributed by atoms with van der Waals surface area (Å²) in [4.78, 5) is 12.2. The number of methoxy groups -OCH3 is 1. The largest absolute Gasteiger partial charge is 0.495 e. The standard InChI is InChI=1S/C18H20Cl2N2O2/c1-18(2,3)11-8-9-13(15(10-11)24-4)21-17(23)22-14-7-5-6-12(19)16(14)20/h5-10H,1-4H3,(H2,21,22,23). The van der Waals surface area contributed by atoms with Crippen molar-refractivity contribution >= 4 is 40.6 Å². The fourth-order valence-electron chi connectivity index (χ4n) is 2.14. The SMILES string of the molecule is COc1cc(C(C)(C)C)ccc1NC(=O)Nc1cccc(Cl)c1Cl. The molecule has 0 aliphatic rings. The summed E-state index contributed by atoms with van der Waals surface area (Å²) in [7, 11) is 1.57. The normalized spacial score (nSPS) is 11.1. The smallest absolute Gasteiger partial charge is 0.323 e. The van der Waals surface area contributed by atoms with Crippen LogP contribution in [0.5, 0.6) is 5.75 Å². The second-order valence-corrected chi connectivity index (χ2v) is 7.13. The molecule has 0 fully saturated rings. The highest BCUT2D eigenvalue weighted by molar-refractivity contribution is 6.44. The van der Waals surface area contributed by atoms with Crippen LogP contribution in [-0.2, 0) is 5.41 Å². The van der Waals surface area contributed by atoms with E-state index in [1.165, 1.54) is 0 Å². The lowest BCUT2D eigenvalue weighted by molar-refractivity contribution is 0.262. The van der Waals surface area contributed by atoms with E-state index in [9.17, 15) is 4.79 Å². The Hall–Kier alpha value is -1.91. The highest BCUT2D eigenvalue weighted by atomic mass is 35.5. The van der Waals surface area contributed by atoms with Gasteiger partial charge in [-0.3, -0.25) is 0 Å². The molecule has 0 heterocycles. The zero-order valence-electron chi connectivity index (χ0n) is 14.0. The zero-order chi connectivity index (χ0) is 17.9. The third kappa shape index (κ3) is 4.34. The summed E-state index contributed by atoms with van der Waals surface area (Å²) >= 11 is 12.0. The van der Waals surface area contributed by atoms with E-state index >= 15 is 0 Å². The number of urea groups is 1. The van der Waals surface area contributed by atoms with E-state index in [1.54, 1.807) is 25.3 Å². The summed E-state index contributed by atoms with van der Waals surface area (Å²) in [5.74, 6) is 0.592. The van der Waals surface area contributed by atoms with Crippen molar-refractivity contribution in [1.82, 2.24) is 0 Å². The minimum absolute atomic E-state index is 0.0115. The maximum Gasteiger partial charge on any atom is 0.323 e. The molecule has 0 atom stereocenters. The molecule has 2 rings (SSSR count). The predicted octanol–water partition coefficient (Wildman–Crippen LogP) is 5.94. The van der Waals surface area contributed by atoms with Crippen LogP contribution in [0, 0.1) is 0 Å². The molecule has 2 N–H and O–H groups in total. The van der Waals surface area contributed by atoms with E-state index in [0.29, 0.717) is 27.2 Å². The summed E-state index contributed by atoms with van der Waals surface area (Å²) in [5.41, 5.74) is 2.11. The third-order valence-electron chi connectivity index (χ3n) is 3.52. The van der Waals surface area contributed by atoms with Crippen LogP contribution in [0.25, 0.3) is 0 Å². The van der Waals surface area contributed by atoms with Crippen molar-refractivity contribution in [3.63, 3.8) is 0 Å². The first kappa shape index (κ1) is 18.4. The van der Waals surface area contributed by atoms with Gasteiger partial charge in [-0.15, -0.1) is 0 Å². The molecule has 0 unspecified atom stereocenters. The van der Waals surface area contributed by atoms with E-state index < -0.39 is 6.03 Å². The van der Waals surface area contributed by atoms with Gasteiger partial charge in [-0.25, -0.2) is 4.79 Å². The molecule has 4 nitrogen and oxygen atoms in total. The number of hydrogen-bond donors (Lipinski definition) is 2. The Labute approximate surface area is 152 Å². The van der Waals surface area contributed by atoms with Gasteiger partial charge >= 0.3 is 6.03 Å². The van der Waals surface area contributed by atoms with Gasteiger partial charge in [-0.05, 0) is 35.2 Å². The van der Waals surface area contributed by atoms with Crippen LogP contribution in [0.15, 0.2) is 36.4 Å². The molecule has 0 spiro atoms. The Kier molecular flexibility index (Phi) is 5.62. The van der Waals surface area contributed by atoms with Crippen molar-refractivity contribution < 1.29 is 9.53 Å². The fraction of sp³-hybridized carbons (Fsp3) is 0.278. The van der Waals surface area contributed by atoms with Crippen molar-refractivity contribution in [3.05, 3.63) is 52.0 Å². The average molecular weight is 367 g/mol. The van der Waals surface area contributed by atoms with Crippen LogP contribution in [0.2, 0.25) is 10.0 Å². The molecule has 24 heavy (non-hydrogen) atoms. The first-order chi connectivity index (χ1) is 11.2. The molecule has 0 aliphatic carbocycles. The lowest BCUT2D eigenvalue weighted by Gasteiger charge is -2.21. The minimum Gasteiger partial charge on any atom is -0.495 e.